The van der Waals surface area contributed by atoms with Crippen LogP contribution in [0.5, 0.6) is 11.5 Å². The summed E-state index contributed by atoms with van der Waals surface area (Å²) in [6, 6.07) is 2.07. The quantitative estimate of drug-likeness (QED) is 0.411. The molecule has 4 heterocycles. The van der Waals surface area contributed by atoms with Crippen LogP contribution in [0.25, 0.3) is 22.2 Å². The summed E-state index contributed by atoms with van der Waals surface area (Å²) in [7, 11) is 2.57. The van der Waals surface area contributed by atoms with E-state index < -0.39 is 17.2 Å². The lowest BCUT2D eigenvalue weighted by molar-refractivity contribution is -0.117. The molecule has 2 fully saturated rings. The number of aromatic nitrogens is 3. The van der Waals surface area contributed by atoms with E-state index in [1.807, 2.05) is 4.90 Å². The van der Waals surface area contributed by atoms with Crippen molar-refractivity contribution in [1.82, 2.24) is 20.3 Å². The van der Waals surface area contributed by atoms with Gasteiger partial charge in [0.1, 0.15) is 12.2 Å². The van der Waals surface area contributed by atoms with E-state index in [9.17, 15) is 4.79 Å². The zero-order valence-electron chi connectivity index (χ0n) is 21.5. The van der Waals surface area contributed by atoms with E-state index in [-0.39, 0.29) is 47.9 Å². The third kappa shape index (κ3) is 5.27. The number of rotatable bonds is 8. The number of hydrogen-bond donors (Lipinski definition) is 2. The predicted molar refractivity (Wildman–Crippen MR) is 139 cm³/mol. The molecule has 0 radical (unpaired) electrons. The van der Waals surface area contributed by atoms with Crippen LogP contribution in [0.15, 0.2) is 31.0 Å². The van der Waals surface area contributed by atoms with Gasteiger partial charge in [0, 0.05) is 24.2 Å². The number of nitrogens with zero attached hydrogens (tertiary/aromatic N) is 4. The molecule has 13 heteroatoms. The van der Waals surface area contributed by atoms with Crippen molar-refractivity contribution in [3.8, 4) is 22.8 Å². The topological polar surface area (TPSA) is 120 Å². The highest BCUT2D eigenvalue weighted by molar-refractivity contribution is 5.92. The first kappa shape index (κ1) is 26.5. The Kier molecular flexibility index (Phi) is 7.70. The zero-order valence-corrected chi connectivity index (χ0v) is 21.5. The maximum atomic E-state index is 15.4. The molecule has 5 rings (SSSR count). The number of carbonyl (C=O) groups excluding carboxylic acids is 1. The summed E-state index contributed by atoms with van der Waals surface area (Å²) < 4.78 is 52.1. The Morgan fingerprint density at radius 3 is 2.54 bits per heavy atom. The van der Waals surface area contributed by atoms with Crippen LogP contribution in [0.3, 0.4) is 0 Å². The first-order chi connectivity index (χ1) is 18.9. The number of methoxy groups -OCH3 is 2. The molecule has 2 atom stereocenters. The highest BCUT2D eigenvalue weighted by atomic mass is 19.1. The number of fused-ring (bicyclic) bond motifs is 1. The summed E-state index contributed by atoms with van der Waals surface area (Å²) in [6.07, 6.45) is 3.48. The Labute approximate surface area is 223 Å². The average Bonchev–Trinajstić information content (AvgIpc) is 3.39. The van der Waals surface area contributed by atoms with Crippen molar-refractivity contribution < 1.29 is 32.5 Å². The van der Waals surface area contributed by atoms with Crippen LogP contribution in [0, 0.1) is 11.6 Å². The molecule has 0 saturated carbocycles. The molecule has 0 unspecified atom stereocenters. The van der Waals surface area contributed by atoms with Crippen molar-refractivity contribution in [1.29, 1.82) is 0 Å². The molecule has 3 aromatic rings. The molecule has 2 aliphatic rings. The fourth-order valence-corrected chi connectivity index (χ4v) is 4.56. The number of benzene rings is 1. The molecule has 2 N–H and O–H groups in total. The maximum Gasteiger partial charge on any atom is 0.243 e. The van der Waals surface area contributed by atoms with Gasteiger partial charge in [-0.05, 0) is 18.6 Å². The van der Waals surface area contributed by atoms with Crippen LogP contribution in [-0.2, 0) is 14.3 Å². The summed E-state index contributed by atoms with van der Waals surface area (Å²) in [5.74, 6) is -1.82. The second-order valence-electron chi connectivity index (χ2n) is 9.01. The van der Waals surface area contributed by atoms with Crippen molar-refractivity contribution in [3.63, 3.8) is 0 Å². The Bertz CT molecular complexity index is 1370. The molecule has 1 amide bonds. The first-order valence-electron chi connectivity index (χ1n) is 12.3. The summed E-state index contributed by atoms with van der Waals surface area (Å²) in [5.41, 5.74) is 0.0948. The van der Waals surface area contributed by atoms with Crippen molar-refractivity contribution in [2.24, 2.45) is 0 Å². The summed E-state index contributed by atoms with van der Waals surface area (Å²) in [4.78, 5) is 27.4. The van der Waals surface area contributed by atoms with Crippen molar-refractivity contribution in [2.45, 2.75) is 18.5 Å². The largest absolute Gasteiger partial charge is 0.494 e. The Morgan fingerprint density at radius 2 is 1.87 bits per heavy atom. The molecule has 2 aromatic heterocycles. The number of amides is 1. The van der Waals surface area contributed by atoms with E-state index in [2.05, 4.69) is 32.2 Å². The van der Waals surface area contributed by atoms with Crippen molar-refractivity contribution in [3.05, 3.63) is 42.6 Å². The summed E-state index contributed by atoms with van der Waals surface area (Å²) in [6.45, 7) is 5.57. The minimum Gasteiger partial charge on any atom is -0.494 e. The van der Waals surface area contributed by atoms with E-state index in [0.29, 0.717) is 43.1 Å². The number of ether oxygens (including phenoxy) is 4. The number of halogens is 2. The van der Waals surface area contributed by atoms with Crippen LogP contribution in [0.4, 0.5) is 20.5 Å². The van der Waals surface area contributed by atoms with E-state index >= 15 is 8.78 Å². The van der Waals surface area contributed by atoms with Gasteiger partial charge in [-0.1, -0.05) is 6.58 Å². The van der Waals surface area contributed by atoms with Gasteiger partial charge in [-0.15, -0.1) is 0 Å². The van der Waals surface area contributed by atoms with Gasteiger partial charge >= 0.3 is 0 Å². The van der Waals surface area contributed by atoms with Gasteiger partial charge in [-0.3, -0.25) is 4.79 Å². The Morgan fingerprint density at radius 1 is 1.13 bits per heavy atom. The van der Waals surface area contributed by atoms with Gasteiger partial charge in [0.15, 0.2) is 29.0 Å². The van der Waals surface area contributed by atoms with Gasteiger partial charge in [-0.2, -0.15) is 0 Å². The first-order valence-corrected chi connectivity index (χ1v) is 12.3. The van der Waals surface area contributed by atoms with Crippen LogP contribution < -0.4 is 25.0 Å². The number of nitrogens with one attached hydrogen (secondary N) is 2. The van der Waals surface area contributed by atoms with E-state index in [1.54, 1.807) is 6.20 Å². The number of pyridine rings is 1. The lowest BCUT2D eigenvalue weighted by atomic mass is 10.1. The average molecular weight is 543 g/mol. The Hall–Kier alpha value is -4.10. The number of anilines is 2. The van der Waals surface area contributed by atoms with Crippen LogP contribution in [0.2, 0.25) is 0 Å². The molecule has 0 aliphatic carbocycles. The molecule has 0 spiro atoms. The van der Waals surface area contributed by atoms with Gasteiger partial charge in [0.2, 0.25) is 11.9 Å². The fourth-order valence-electron chi connectivity index (χ4n) is 4.56. The SMILES string of the molecule is C=CC(=O)N[C@H]1COC[C@H]1Nc1ncc2cc(-c3c(F)c(OC)cc(OC)c3F)nc(N3CCCOC3)c2n1. The molecule has 2 aliphatic heterocycles. The van der Waals surface area contributed by atoms with Gasteiger partial charge in [-0.25, -0.2) is 23.7 Å². The highest BCUT2D eigenvalue weighted by Crippen LogP contribution is 2.39. The third-order valence-electron chi connectivity index (χ3n) is 6.55. The van der Waals surface area contributed by atoms with Crippen molar-refractivity contribution >= 4 is 28.6 Å². The second kappa shape index (κ2) is 11.3. The van der Waals surface area contributed by atoms with E-state index in [1.165, 1.54) is 26.4 Å². The highest BCUT2D eigenvalue weighted by Gasteiger charge is 2.30. The lowest BCUT2D eigenvalue weighted by Gasteiger charge is -2.29. The van der Waals surface area contributed by atoms with Crippen molar-refractivity contribution in [2.75, 3.05) is 57.5 Å². The molecule has 2 saturated heterocycles. The van der Waals surface area contributed by atoms with Crippen LogP contribution >= 0.6 is 0 Å². The molecule has 39 heavy (non-hydrogen) atoms. The standard InChI is InChI=1S/C26H28F2N6O5/c1-4-20(35)30-16-11-39-12-17(16)32-26-29-10-14-8-15(21-22(27)18(36-2)9-19(37-3)23(21)28)31-25(24(14)33-26)34-6-5-7-38-13-34/h4,8-10,16-17H,1,5-7,11-13H2,2-3H3,(H,30,35)(H,29,32,33)/t16-,17+/m0/s1. The smallest absolute Gasteiger partial charge is 0.243 e. The number of hydrogen-bond acceptors (Lipinski definition) is 10. The zero-order chi connectivity index (χ0) is 27.5. The van der Waals surface area contributed by atoms with E-state index in [4.69, 9.17) is 18.9 Å². The minimum atomic E-state index is -0.906. The summed E-state index contributed by atoms with van der Waals surface area (Å²) in [5, 5.41) is 6.54. The predicted octanol–water partition coefficient (Wildman–Crippen LogP) is 2.65. The monoisotopic (exact) mass is 542 g/mol. The lowest BCUT2D eigenvalue weighted by Crippen LogP contribution is -2.45. The number of carbonyl (C=O) groups is 1. The summed E-state index contributed by atoms with van der Waals surface area (Å²) >= 11 is 0. The maximum absolute atomic E-state index is 15.4. The molecule has 11 nitrogen and oxygen atoms in total. The second-order valence-corrected chi connectivity index (χ2v) is 9.01. The fraction of sp³-hybridized carbons (Fsp3) is 0.385. The van der Waals surface area contributed by atoms with Gasteiger partial charge in [0.05, 0.1) is 57.4 Å². The normalized spacial score (nSPS) is 19.1. The molecular weight excluding hydrogens is 514 g/mol. The van der Waals surface area contributed by atoms with Crippen LogP contribution in [0.1, 0.15) is 6.42 Å². The Balaban J connectivity index is 1.59. The molecular formula is C26H28F2N6O5. The van der Waals surface area contributed by atoms with Gasteiger partial charge < -0.3 is 34.5 Å². The van der Waals surface area contributed by atoms with Gasteiger partial charge in [0.25, 0.3) is 0 Å². The van der Waals surface area contributed by atoms with E-state index in [0.717, 1.165) is 12.5 Å². The molecule has 0 bridgehead atoms. The third-order valence-corrected chi connectivity index (χ3v) is 6.55. The van der Waals surface area contributed by atoms with Crippen LogP contribution in [-0.4, -0.2) is 80.3 Å². The minimum absolute atomic E-state index is 0.0241. The molecule has 206 valence electrons. The molecule has 1 aromatic carbocycles.